The van der Waals surface area contributed by atoms with Crippen molar-refractivity contribution >= 4 is 29.3 Å². The van der Waals surface area contributed by atoms with Crippen LogP contribution >= 0.6 is 23.4 Å². The van der Waals surface area contributed by atoms with Crippen molar-refractivity contribution in [2.24, 2.45) is 0 Å². The maximum absolute atomic E-state index is 14.5. The molecule has 3 rings (SSSR count). The third-order valence-electron chi connectivity index (χ3n) is 5.08. The number of benzene rings is 2. The third-order valence-corrected chi connectivity index (χ3v) is 6.74. The Morgan fingerprint density at radius 3 is 2.82 bits per heavy atom. The molecule has 1 heterocycles. The van der Waals surface area contributed by atoms with Crippen LogP contribution in [0.1, 0.15) is 47.3 Å². The number of carbonyl (C=O) groups is 1. The van der Waals surface area contributed by atoms with Crippen molar-refractivity contribution < 1.29 is 9.18 Å². The lowest BCUT2D eigenvalue weighted by atomic mass is 10.0. The van der Waals surface area contributed by atoms with Gasteiger partial charge in [0.05, 0.1) is 10.6 Å². The van der Waals surface area contributed by atoms with Crippen LogP contribution in [0.5, 0.6) is 0 Å². The quantitative estimate of drug-likeness (QED) is 0.647. The minimum atomic E-state index is -0.485. The van der Waals surface area contributed by atoms with Crippen LogP contribution in [0, 0.1) is 5.82 Å². The molecule has 0 saturated carbocycles. The number of rotatable bonds is 6. The summed E-state index contributed by atoms with van der Waals surface area (Å²) < 4.78 is 14.5. The van der Waals surface area contributed by atoms with Crippen LogP contribution in [-0.2, 0) is 18.6 Å². The molecule has 28 heavy (non-hydrogen) atoms. The number of halogens is 2. The van der Waals surface area contributed by atoms with Crippen LogP contribution in [-0.4, -0.2) is 25.0 Å². The molecule has 150 valence electrons. The third kappa shape index (κ3) is 5.07. The van der Waals surface area contributed by atoms with Crippen LogP contribution < -0.4 is 10.6 Å². The van der Waals surface area contributed by atoms with Gasteiger partial charge < -0.3 is 10.6 Å². The Labute approximate surface area is 175 Å². The van der Waals surface area contributed by atoms with E-state index in [-0.39, 0.29) is 17.5 Å². The standard InChI is InChI=1S/C22H26ClFN2OS/c1-3-14(2)26-22(27)18-6-4-15(12-20(18)24)13-28-21-17-9-11-25-10-8-16(17)5-7-19(21)23/h4-7,12,14,25H,3,8-11,13H2,1-2H3,(H,26,27). The molecule has 0 saturated heterocycles. The summed E-state index contributed by atoms with van der Waals surface area (Å²) in [4.78, 5) is 13.3. The molecule has 1 aliphatic rings. The molecule has 6 heteroatoms. The predicted octanol–water partition coefficient (Wildman–Crippen LogP) is 4.99. The number of amides is 1. The fourth-order valence-electron chi connectivity index (χ4n) is 3.26. The molecular formula is C22H26ClFN2OS. The molecule has 0 bridgehead atoms. The number of nitrogens with one attached hydrogen (secondary N) is 2. The zero-order valence-electron chi connectivity index (χ0n) is 16.3. The Hall–Kier alpha value is -1.56. The second kappa shape index (κ2) is 9.77. The second-order valence-electron chi connectivity index (χ2n) is 7.15. The Bertz CT molecular complexity index is 859. The first kappa shape index (κ1) is 21.2. The molecule has 2 aromatic rings. The van der Waals surface area contributed by atoms with E-state index in [0.29, 0.717) is 5.75 Å². The lowest BCUT2D eigenvalue weighted by Crippen LogP contribution is -2.32. The first-order valence-corrected chi connectivity index (χ1v) is 11.1. The molecule has 0 aliphatic carbocycles. The topological polar surface area (TPSA) is 41.1 Å². The van der Waals surface area contributed by atoms with Gasteiger partial charge in [-0.2, -0.15) is 0 Å². The maximum atomic E-state index is 14.5. The van der Waals surface area contributed by atoms with E-state index in [2.05, 4.69) is 16.7 Å². The molecule has 2 N–H and O–H groups in total. The number of hydrogen-bond acceptors (Lipinski definition) is 3. The van der Waals surface area contributed by atoms with Crippen molar-refractivity contribution in [2.75, 3.05) is 13.1 Å². The second-order valence-corrected chi connectivity index (χ2v) is 8.54. The highest BCUT2D eigenvalue weighted by Crippen LogP contribution is 2.36. The molecule has 0 radical (unpaired) electrons. The summed E-state index contributed by atoms with van der Waals surface area (Å²) in [6, 6.07) is 8.93. The van der Waals surface area contributed by atoms with Gasteiger partial charge in [0.25, 0.3) is 5.91 Å². The fourth-order valence-corrected chi connectivity index (χ4v) is 4.70. The highest BCUT2D eigenvalue weighted by atomic mass is 35.5. The average molecular weight is 421 g/mol. The minimum absolute atomic E-state index is 0.0205. The Kier molecular flexibility index (Phi) is 7.38. The molecule has 1 unspecified atom stereocenters. The van der Waals surface area contributed by atoms with Crippen LogP contribution in [0.15, 0.2) is 35.2 Å². The van der Waals surface area contributed by atoms with Crippen molar-refractivity contribution in [3.05, 3.63) is 63.4 Å². The zero-order valence-corrected chi connectivity index (χ0v) is 17.9. The largest absolute Gasteiger partial charge is 0.350 e. The van der Waals surface area contributed by atoms with E-state index >= 15 is 0 Å². The van der Waals surface area contributed by atoms with Gasteiger partial charge in [0.15, 0.2) is 0 Å². The van der Waals surface area contributed by atoms with Gasteiger partial charge in [-0.05, 0) is 74.2 Å². The molecule has 1 aliphatic heterocycles. The lowest BCUT2D eigenvalue weighted by Gasteiger charge is -2.14. The monoisotopic (exact) mass is 420 g/mol. The first-order valence-electron chi connectivity index (χ1n) is 9.72. The van der Waals surface area contributed by atoms with E-state index in [4.69, 9.17) is 11.6 Å². The van der Waals surface area contributed by atoms with Crippen molar-refractivity contribution in [1.29, 1.82) is 0 Å². The minimum Gasteiger partial charge on any atom is -0.350 e. The van der Waals surface area contributed by atoms with Gasteiger partial charge in [0.2, 0.25) is 0 Å². The molecule has 1 amide bonds. The molecule has 0 aromatic heterocycles. The van der Waals surface area contributed by atoms with E-state index in [1.807, 2.05) is 26.0 Å². The van der Waals surface area contributed by atoms with Gasteiger partial charge in [0, 0.05) is 16.7 Å². The number of fused-ring (bicyclic) bond motifs is 1. The molecule has 1 atom stereocenters. The van der Waals surface area contributed by atoms with Crippen LogP contribution in [0.4, 0.5) is 4.39 Å². The summed E-state index contributed by atoms with van der Waals surface area (Å²) in [5.74, 6) is -0.246. The average Bonchev–Trinajstić information content (AvgIpc) is 2.92. The number of carbonyl (C=O) groups excluding carboxylic acids is 1. The molecular weight excluding hydrogens is 395 g/mol. The summed E-state index contributed by atoms with van der Waals surface area (Å²) in [6.07, 6.45) is 2.75. The van der Waals surface area contributed by atoms with Crippen molar-refractivity contribution in [2.45, 2.75) is 49.8 Å². The van der Waals surface area contributed by atoms with Crippen LogP contribution in [0.25, 0.3) is 0 Å². The Balaban J connectivity index is 1.74. The highest BCUT2D eigenvalue weighted by molar-refractivity contribution is 7.98. The van der Waals surface area contributed by atoms with Crippen LogP contribution in [0.2, 0.25) is 5.02 Å². The van der Waals surface area contributed by atoms with Crippen LogP contribution in [0.3, 0.4) is 0 Å². The SMILES string of the molecule is CCC(C)NC(=O)c1ccc(CSc2c(Cl)ccc3c2CCNCC3)cc1F. The first-order chi connectivity index (χ1) is 13.5. The number of thioether (sulfide) groups is 1. The molecule has 0 spiro atoms. The lowest BCUT2D eigenvalue weighted by molar-refractivity contribution is 0.0935. The fraction of sp³-hybridized carbons (Fsp3) is 0.409. The van der Waals surface area contributed by atoms with E-state index in [1.165, 1.54) is 17.2 Å². The van der Waals surface area contributed by atoms with Gasteiger partial charge in [-0.15, -0.1) is 11.8 Å². The smallest absolute Gasteiger partial charge is 0.254 e. The molecule has 3 nitrogen and oxygen atoms in total. The van der Waals surface area contributed by atoms with Crippen molar-refractivity contribution in [3.63, 3.8) is 0 Å². The summed E-state index contributed by atoms with van der Waals surface area (Å²) in [5, 5.41) is 6.97. The summed E-state index contributed by atoms with van der Waals surface area (Å²) in [7, 11) is 0. The zero-order chi connectivity index (χ0) is 20.1. The van der Waals surface area contributed by atoms with E-state index in [9.17, 15) is 9.18 Å². The molecule has 0 fully saturated rings. The normalized spacial score (nSPS) is 14.9. The van der Waals surface area contributed by atoms with Crippen molar-refractivity contribution in [3.8, 4) is 0 Å². The predicted molar refractivity (Wildman–Crippen MR) is 115 cm³/mol. The van der Waals surface area contributed by atoms with Gasteiger partial charge in [-0.25, -0.2) is 4.39 Å². The van der Waals surface area contributed by atoms with E-state index in [1.54, 1.807) is 17.8 Å². The van der Waals surface area contributed by atoms with Gasteiger partial charge >= 0.3 is 0 Å². The highest BCUT2D eigenvalue weighted by Gasteiger charge is 2.17. The van der Waals surface area contributed by atoms with Gasteiger partial charge in [0.1, 0.15) is 5.82 Å². The summed E-state index contributed by atoms with van der Waals surface area (Å²) in [6.45, 7) is 5.80. The van der Waals surface area contributed by atoms with Gasteiger partial charge in [-0.3, -0.25) is 4.79 Å². The van der Waals surface area contributed by atoms with Gasteiger partial charge in [-0.1, -0.05) is 30.7 Å². The maximum Gasteiger partial charge on any atom is 0.254 e. The van der Waals surface area contributed by atoms with E-state index in [0.717, 1.165) is 47.8 Å². The summed E-state index contributed by atoms with van der Waals surface area (Å²) >= 11 is 8.11. The van der Waals surface area contributed by atoms with Crippen molar-refractivity contribution in [1.82, 2.24) is 10.6 Å². The Morgan fingerprint density at radius 2 is 2.07 bits per heavy atom. The molecule has 2 aromatic carbocycles. The number of hydrogen-bond donors (Lipinski definition) is 2. The van der Waals surface area contributed by atoms with E-state index < -0.39 is 5.82 Å². The summed E-state index contributed by atoms with van der Waals surface area (Å²) in [5.41, 5.74) is 3.56. The Morgan fingerprint density at radius 1 is 1.29 bits per heavy atom.